The van der Waals surface area contributed by atoms with Gasteiger partial charge < -0.3 is 30.8 Å². The first-order valence-corrected chi connectivity index (χ1v) is 16.0. The minimum Gasteiger partial charge on any atom is -0.478 e. The van der Waals surface area contributed by atoms with Crippen LogP contribution in [0.25, 0.3) is 0 Å². The fourth-order valence-electron chi connectivity index (χ4n) is 3.26. The van der Waals surface area contributed by atoms with Crippen molar-refractivity contribution < 1.29 is 73.6 Å². The van der Waals surface area contributed by atoms with Crippen molar-refractivity contribution in [2.75, 3.05) is 32.8 Å². The Morgan fingerprint density at radius 2 is 0.870 bits per heavy atom. The second-order valence-corrected chi connectivity index (χ2v) is 12.0. The lowest BCUT2D eigenvalue weighted by atomic mass is 10.2. The molecule has 0 radical (unpaired) electrons. The summed E-state index contributed by atoms with van der Waals surface area (Å²) < 4.78 is 116. The van der Waals surface area contributed by atoms with Crippen LogP contribution in [0.4, 0.5) is 46.5 Å². The molecule has 0 aromatic heterocycles. The van der Waals surface area contributed by atoms with Crippen LogP contribution in [0.2, 0.25) is 15.1 Å². The number of aromatic carboxylic acids is 1. The van der Waals surface area contributed by atoms with Gasteiger partial charge in [-0.25, -0.2) is 54.3 Å². The molecule has 23 heteroatoms. The van der Waals surface area contributed by atoms with E-state index in [9.17, 15) is 54.3 Å². The van der Waals surface area contributed by atoms with Crippen molar-refractivity contribution in [2.24, 2.45) is 0 Å². The number of anilines is 2. The maximum absolute atomic E-state index is 13.3. The van der Waals surface area contributed by atoms with E-state index in [1.807, 2.05) is 0 Å². The first kappa shape index (κ1) is 47.7. The minimum absolute atomic E-state index is 0.218. The molecule has 4 rings (SSSR count). The van der Waals surface area contributed by atoms with Gasteiger partial charge in [0.2, 0.25) is 0 Å². The van der Waals surface area contributed by atoms with E-state index in [-0.39, 0.29) is 14.6 Å². The summed E-state index contributed by atoms with van der Waals surface area (Å²) in [7, 11) is 3.19. The van der Waals surface area contributed by atoms with E-state index < -0.39 is 113 Å². The van der Waals surface area contributed by atoms with Gasteiger partial charge in [-0.3, -0.25) is 0 Å². The number of rotatable bonds is 4. The van der Waals surface area contributed by atoms with Crippen molar-refractivity contribution in [2.45, 2.75) is 0 Å². The van der Waals surface area contributed by atoms with Gasteiger partial charge in [-0.05, 0) is 56.1 Å². The maximum Gasteiger partial charge on any atom is 0.341 e. The number of hydrogen-bond donors (Lipinski definition) is 3. The minimum atomic E-state index is -1.56. The number of nitrogen functional groups attached to an aromatic ring is 2. The van der Waals surface area contributed by atoms with Gasteiger partial charge in [-0.1, -0.05) is 34.8 Å². The Morgan fingerprint density at radius 1 is 0.537 bits per heavy atom. The highest BCUT2D eigenvalue weighted by molar-refractivity contribution is 9.10. The summed E-state index contributed by atoms with van der Waals surface area (Å²) in [6, 6.07) is 3.37. The lowest BCUT2D eigenvalue weighted by Gasteiger charge is -2.05. The fourth-order valence-corrected chi connectivity index (χ4v) is 4.41. The number of carboxylic acid groups (broad SMARTS) is 1. The maximum atomic E-state index is 13.3. The number of carbonyl (C=O) groups excluding carboxylic acids is 3. The summed E-state index contributed by atoms with van der Waals surface area (Å²) in [5.74, 6) is -12.2. The average Bonchev–Trinajstić information content (AvgIpc) is 3.14. The molecule has 0 unspecified atom stereocenters. The number of halogens is 13. The molecule has 4 aromatic carbocycles. The number of methoxy groups -OCH3 is 3. The van der Waals surface area contributed by atoms with Crippen LogP contribution in [0, 0.1) is 46.5 Å². The van der Waals surface area contributed by atoms with Crippen LogP contribution < -0.4 is 11.5 Å². The smallest absolute Gasteiger partial charge is 0.341 e. The Labute approximate surface area is 330 Å². The summed E-state index contributed by atoms with van der Waals surface area (Å²) in [6.07, 6.45) is 0. The van der Waals surface area contributed by atoms with Crippen LogP contribution >= 0.6 is 66.7 Å². The molecule has 4 aromatic rings. The lowest BCUT2D eigenvalue weighted by molar-refractivity contribution is 0.0585. The second kappa shape index (κ2) is 20.9. The third-order valence-corrected chi connectivity index (χ3v) is 9.02. The molecule has 0 atom stereocenters. The zero-order valence-electron chi connectivity index (χ0n) is 26.8. The largest absolute Gasteiger partial charge is 0.478 e. The van der Waals surface area contributed by atoms with E-state index >= 15 is 0 Å². The number of carboxylic acids is 1. The zero-order valence-corrected chi connectivity index (χ0v) is 32.2. The molecule has 0 saturated carbocycles. The number of hydrogen-bond acceptors (Lipinski definition) is 9. The highest BCUT2D eigenvalue weighted by Gasteiger charge is 2.22. The van der Waals surface area contributed by atoms with Crippen LogP contribution in [0.15, 0.2) is 39.3 Å². The third-order valence-electron chi connectivity index (χ3n) is 5.93. The van der Waals surface area contributed by atoms with E-state index in [2.05, 4.69) is 46.1 Å². The summed E-state index contributed by atoms with van der Waals surface area (Å²) in [6.45, 7) is 0. The predicted octanol–water partition coefficient (Wildman–Crippen LogP) is 9.57. The van der Waals surface area contributed by atoms with Crippen LogP contribution in [-0.4, -0.2) is 50.3 Å². The average molecular weight is 966 g/mol. The Bertz CT molecular complexity index is 2040. The van der Waals surface area contributed by atoms with Gasteiger partial charge in [0.15, 0.2) is 17.5 Å². The molecule has 0 aliphatic carbocycles. The van der Waals surface area contributed by atoms with Crippen molar-refractivity contribution in [1.29, 1.82) is 0 Å². The Balaban J connectivity index is 0.000000360. The first-order chi connectivity index (χ1) is 25.0. The SMILES string of the molecule is COC(=O)c1cc(F)c(Br)c(Cl)c1F.COC(=O)c1cc(F)c(N)c(Cl)c1F.COC(=O)c1cc(F)c(N)cc1F.O=C(O)c1cc(F)c(Br)c(Cl)c1F. The van der Waals surface area contributed by atoms with E-state index in [1.165, 1.54) is 0 Å². The second-order valence-electron chi connectivity index (χ2n) is 9.28. The number of nitrogens with two attached hydrogens (primary N) is 2. The molecular weight excluding hydrogens is 946 g/mol. The van der Waals surface area contributed by atoms with Gasteiger partial charge in [0.1, 0.15) is 34.1 Å². The lowest BCUT2D eigenvalue weighted by Crippen LogP contribution is -2.07. The zero-order chi connectivity index (χ0) is 41.9. The number of ether oxygens (including phenoxy) is 3. The molecule has 0 aliphatic heterocycles. The highest BCUT2D eigenvalue weighted by Crippen LogP contribution is 2.32. The summed E-state index contributed by atoms with van der Waals surface area (Å²) in [5.41, 5.74) is 6.93. The molecule has 54 heavy (non-hydrogen) atoms. The van der Waals surface area contributed by atoms with Crippen molar-refractivity contribution >= 4 is 102 Å². The van der Waals surface area contributed by atoms with Gasteiger partial charge in [-0.15, -0.1) is 0 Å². The van der Waals surface area contributed by atoms with Gasteiger partial charge in [0, 0.05) is 6.07 Å². The number of carbonyl (C=O) groups is 4. The molecular formula is C31H19Br2Cl3F8N2O8. The summed E-state index contributed by atoms with van der Waals surface area (Å²) in [5, 5.41) is 6.75. The van der Waals surface area contributed by atoms with Gasteiger partial charge in [0.25, 0.3) is 0 Å². The van der Waals surface area contributed by atoms with E-state index in [1.54, 1.807) is 0 Å². The fraction of sp³-hybridized carbons (Fsp3) is 0.0968. The molecule has 0 bridgehead atoms. The van der Waals surface area contributed by atoms with Crippen molar-refractivity contribution in [3.8, 4) is 0 Å². The molecule has 292 valence electrons. The van der Waals surface area contributed by atoms with Crippen molar-refractivity contribution in [3.05, 3.63) is 123 Å². The Hall–Kier alpha value is -4.37. The van der Waals surface area contributed by atoms with Crippen molar-refractivity contribution in [1.82, 2.24) is 0 Å². The molecule has 0 saturated heterocycles. The van der Waals surface area contributed by atoms with E-state index in [0.29, 0.717) is 18.2 Å². The molecule has 0 amide bonds. The van der Waals surface area contributed by atoms with Gasteiger partial charge >= 0.3 is 23.9 Å². The molecule has 10 nitrogen and oxygen atoms in total. The van der Waals surface area contributed by atoms with Gasteiger partial charge in [0.05, 0.1) is 73.9 Å². The van der Waals surface area contributed by atoms with Crippen LogP contribution in [0.3, 0.4) is 0 Å². The normalized spacial score (nSPS) is 10.0. The van der Waals surface area contributed by atoms with Crippen LogP contribution in [-0.2, 0) is 14.2 Å². The number of esters is 3. The molecule has 0 heterocycles. The molecule has 0 fully saturated rings. The third kappa shape index (κ3) is 11.8. The van der Waals surface area contributed by atoms with Crippen LogP contribution in [0.1, 0.15) is 41.4 Å². The quantitative estimate of drug-likeness (QED) is 0.0448. The topological polar surface area (TPSA) is 168 Å². The summed E-state index contributed by atoms with van der Waals surface area (Å²) >= 11 is 21.5. The van der Waals surface area contributed by atoms with Crippen molar-refractivity contribution in [3.63, 3.8) is 0 Å². The monoisotopic (exact) mass is 962 g/mol. The summed E-state index contributed by atoms with van der Waals surface area (Å²) in [4.78, 5) is 43.1. The predicted molar refractivity (Wildman–Crippen MR) is 186 cm³/mol. The highest BCUT2D eigenvalue weighted by atomic mass is 79.9. The Morgan fingerprint density at radius 3 is 1.28 bits per heavy atom. The van der Waals surface area contributed by atoms with Gasteiger partial charge in [-0.2, -0.15) is 0 Å². The molecule has 5 N–H and O–H groups in total. The van der Waals surface area contributed by atoms with E-state index in [0.717, 1.165) is 33.5 Å². The standard InChI is InChI=1S/C8H4BrClF2O2.C8H6ClF2NO2.C8H7F2NO2.C7H2BrClF2O2/c1-14-8(13)3-2-4(11)5(9)6(10)7(3)12;1-14-8(13)3-2-4(10)7(12)5(9)6(3)11;1-13-8(12)4-2-6(10)7(11)3-5(4)9;8-4-3(10)1-2(7(12)13)6(11)5(4)9/h2H,1H3;2H,12H2,1H3;2-3H,11H2,1H3;1H,(H,12,13). The number of benzene rings is 4. The molecule has 0 spiro atoms. The van der Waals surface area contributed by atoms with E-state index in [4.69, 9.17) is 51.4 Å². The Kier molecular flexibility index (Phi) is 18.5. The van der Waals surface area contributed by atoms with Crippen LogP contribution in [0.5, 0.6) is 0 Å². The molecule has 0 aliphatic rings. The first-order valence-electron chi connectivity index (χ1n) is 13.3.